The van der Waals surface area contributed by atoms with Crippen LogP contribution in [-0.4, -0.2) is 44.2 Å². The van der Waals surface area contributed by atoms with Gasteiger partial charge in [0.05, 0.1) is 12.7 Å². The smallest absolute Gasteiger partial charge is 0.253 e. The van der Waals surface area contributed by atoms with Crippen LogP contribution in [0.3, 0.4) is 0 Å². The van der Waals surface area contributed by atoms with Crippen molar-refractivity contribution in [2.24, 2.45) is 5.73 Å². The molecule has 2 rings (SSSR count). The summed E-state index contributed by atoms with van der Waals surface area (Å²) in [6.45, 7) is 2.62. The Kier molecular flexibility index (Phi) is 4.29. The Morgan fingerprint density at radius 2 is 2.30 bits per heavy atom. The number of ether oxygens (including phenoxy) is 2. The zero-order valence-electron chi connectivity index (χ0n) is 12.1. The number of fused-ring (bicyclic) bond motifs is 1. The lowest BCUT2D eigenvalue weighted by Crippen LogP contribution is -2.41. The van der Waals surface area contributed by atoms with Crippen molar-refractivity contribution in [2.45, 2.75) is 13.0 Å². The van der Waals surface area contributed by atoms with Crippen molar-refractivity contribution >= 4 is 12.0 Å². The Balaban J connectivity index is 2.26. The van der Waals surface area contributed by atoms with Crippen LogP contribution in [-0.2, 0) is 4.79 Å². The topological polar surface area (TPSA) is 64.8 Å². The molecule has 0 saturated carbocycles. The number of amides is 1. The van der Waals surface area contributed by atoms with Crippen LogP contribution in [0.1, 0.15) is 12.5 Å². The second-order valence-corrected chi connectivity index (χ2v) is 4.86. The van der Waals surface area contributed by atoms with Crippen molar-refractivity contribution in [1.82, 2.24) is 4.90 Å². The molecule has 1 aromatic carbocycles. The zero-order chi connectivity index (χ0) is 14.7. The van der Waals surface area contributed by atoms with Gasteiger partial charge in [0.25, 0.3) is 5.91 Å². The van der Waals surface area contributed by atoms with Crippen LogP contribution in [0.2, 0.25) is 0 Å². The van der Waals surface area contributed by atoms with Crippen molar-refractivity contribution in [3.05, 3.63) is 29.3 Å². The lowest BCUT2D eigenvalue weighted by atomic mass is 10.1. The van der Waals surface area contributed by atoms with E-state index in [-0.39, 0.29) is 18.6 Å². The SMILES string of the molecule is COc1ccc2c(c1)C=C(C(=O)N(C)C(C)CN)CO2. The first-order valence-corrected chi connectivity index (χ1v) is 6.55. The number of nitrogens with zero attached hydrogens (tertiary/aromatic N) is 1. The monoisotopic (exact) mass is 276 g/mol. The number of benzene rings is 1. The van der Waals surface area contributed by atoms with Gasteiger partial charge in [0.1, 0.15) is 18.1 Å². The fourth-order valence-corrected chi connectivity index (χ4v) is 1.99. The van der Waals surface area contributed by atoms with Crippen molar-refractivity contribution in [3.63, 3.8) is 0 Å². The minimum Gasteiger partial charge on any atom is -0.497 e. The summed E-state index contributed by atoms with van der Waals surface area (Å²) in [4.78, 5) is 14.0. The molecule has 1 aromatic rings. The molecule has 5 heteroatoms. The predicted molar refractivity (Wildman–Crippen MR) is 77.8 cm³/mol. The molecule has 0 aliphatic carbocycles. The van der Waals surface area contributed by atoms with Crippen molar-refractivity contribution < 1.29 is 14.3 Å². The van der Waals surface area contributed by atoms with E-state index in [1.165, 1.54) is 0 Å². The lowest BCUT2D eigenvalue weighted by Gasteiger charge is -2.26. The third-order valence-electron chi connectivity index (χ3n) is 3.53. The van der Waals surface area contributed by atoms with E-state index in [0.29, 0.717) is 12.1 Å². The highest BCUT2D eigenvalue weighted by Crippen LogP contribution is 2.30. The number of nitrogens with two attached hydrogens (primary N) is 1. The van der Waals surface area contributed by atoms with E-state index in [2.05, 4.69) is 0 Å². The molecule has 1 amide bonds. The molecule has 2 N–H and O–H groups in total. The van der Waals surface area contributed by atoms with E-state index < -0.39 is 0 Å². The number of hydrogen-bond acceptors (Lipinski definition) is 4. The van der Waals surface area contributed by atoms with Crippen LogP contribution < -0.4 is 15.2 Å². The minimum absolute atomic E-state index is 0.00453. The van der Waals surface area contributed by atoms with Gasteiger partial charge in [-0.3, -0.25) is 4.79 Å². The van der Waals surface area contributed by atoms with Gasteiger partial charge in [0.2, 0.25) is 0 Å². The maximum atomic E-state index is 12.4. The van der Waals surface area contributed by atoms with Gasteiger partial charge in [-0.25, -0.2) is 0 Å². The van der Waals surface area contributed by atoms with Gasteiger partial charge >= 0.3 is 0 Å². The Morgan fingerprint density at radius 3 is 2.95 bits per heavy atom. The first kappa shape index (κ1) is 14.4. The zero-order valence-corrected chi connectivity index (χ0v) is 12.1. The third kappa shape index (κ3) is 2.77. The second-order valence-electron chi connectivity index (χ2n) is 4.86. The summed E-state index contributed by atoms with van der Waals surface area (Å²) in [6.07, 6.45) is 1.85. The molecule has 0 bridgehead atoms. The molecule has 20 heavy (non-hydrogen) atoms. The van der Waals surface area contributed by atoms with E-state index in [0.717, 1.165) is 17.1 Å². The number of carbonyl (C=O) groups is 1. The molecule has 0 aromatic heterocycles. The summed E-state index contributed by atoms with van der Waals surface area (Å²) in [7, 11) is 3.36. The highest BCUT2D eigenvalue weighted by Gasteiger charge is 2.22. The van der Waals surface area contributed by atoms with Crippen molar-refractivity contribution in [2.75, 3.05) is 27.3 Å². The molecule has 1 aliphatic rings. The first-order chi connectivity index (χ1) is 9.56. The number of methoxy groups -OCH3 is 1. The van der Waals surface area contributed by atoms with E-state index in [9.17, 15) is 4.79 Å². The third-order valence-corrected chi connectivity index (χ3v) is 3.53. The van der Waals surface area contributed by atoms with E-state index in [4.69, 9.17) is 15.2 Å². The van der Waals surface area contributed by atoms with Gasteiger partial charge in [-0.2, -0.15) is 0 Å². The van der Waals surface area contributed by atoms with Crippen LogP contribution >= 0.6 is 0 Å². The fraction of sp³-hybridized carbons (Fsp3) is 0.400. The maximum Gasteiger partial charge on any atom is 0.253 e. The summed E-state index contributed by atoms with van der Waals surface area (Å²) in [6, 6.07) is 5.53. The summed E-state index contributed by atoms with van der Waals surface area (Å²) < 4.78 is 10.8. The summed E-state index contributed by atoms with van der Waals surface area (Å²) in [5.41, 5.74) is 7.07. The lowest BCUT2D eigenvalue weighted by molar-refractivity contribution is -0.127. The average molecular weight is 276 g/mol. The Labute approximate surface area is 119 Å². The highest BCUT2D eigenvalue weighted by molar-refractivity contribution is 5.99. The van der Waals surface area contributed by atoms with Gasteiger partial charge in [0.15, 0.2) is 0 Å². The molecule has 0 spiro atoms. The normalized spacial score (nSPS) is 14.7. The Hall–Kier alpha value is -2.01. The van der Waals surface area contributed by atoms with Crippen LogP contribution in [0.5, 0.6) is 11.5 Å². The summed E-state index contributed by atoms with van der Waals surface area (Å²) in [5, 5.41) is 0. The molecule has 1 atom stereocenters. The van der Waals surface area contributed by atoms with Crippen LogP contribution in [0, 0.1) is 0 Å². The quantitative estimate of drug-likeness (QED) is 0.899. The maximum absolute atomic E-state index is 12.4. The van der Waals surface area contributed by atoms with E-state index in [1.54, 1.807) is 19.1 Å². The predicted octanol–water partition coefficient (Wildman–Crippen LogP) is 1.28. The molecule has 0 saturated heterocycles. The van der Waals surface area contributed by atoms with E-state index in [1.807, 2.05) is 31.2 Å². The summed E-state index contributed by atoms with van der Waals surface area (Å²) >= 11 is 0. The molecular weight excluding hydrogens is 256 g/mol. The van der Waals surface area contributed by atoms with Gasteiger partial charge in [-0.05, 0) is 31.2 Å². The molecule has 0 radical (unpaired) electrons. The fourth-order valence-electron chi connectivity index (χ4n) is 1.99. The molecular formula is C15H20N2O3. The Bertz CT molecular complexity index is 540. The van der Waals surface area contributed by atoms with Crippen molar-refractivity contribution in [3.8, 4) is 11.5 Å². The minimum atomic E-state index is -0.0589. The first-order valence-electron chi connectivity index (χ1n) is 6.55. The van der Waals surface area contributed by atoms with Gasteiger partial charge in [-0.1, -0.05) is 0 Å². The van der Waals surface area contributed by atoms with Crippen LogP contribution in [0.15, 0.2) is 23.8 Å². The van der Waals surface area contributed by atoms with Gasteiger partial charge in [-0.15, -0.1) is 0 Å². The van der Waals surface area contributed by atoms with Gasteiger partial charge < -0.3 is 20.1 Å². The molecule has 1 unspecified atom stereocenters. The summed E-state index contributed by atoms with van der Waals surface area (Å²) in [5.74, 6) is 1.44. The standard InChI is InChI=1S/C15H20N2O3/c1-10(8-16)17(2)15(18)12-6-11-7-13(19-3)4-5-14(11)20-9-12/h4-7,10H,8-9,16H2,1-3H3. The van der Waals surface area contributed by atoms with Crippen molar-refractivity contribution in [1.29, 1.82) is 0 Å². The number of hydrogen-bond donors (Lipinski definition) is 1. The molecule has 1 aliphatic heterocycles. The van der Waals surface area contributed by atoms with Crippen LogP contribution in [0.25, 0.3) is 6.08 Å². The second kappa shape index (κ2) is 5.96. The molecule has 0 fully saturated rings. The largest absolute Gasteiger partial charge is 0.497 e. The number of carbonyl (C=O) groups excluding carboxylic acids is 1. The molecule has 108 valence electrons. The van der Waals surface area contributed by atoms with E-state index >= 15 is 0 Å². The highest BCUT2D eigenvalue weighted by atomic mass is 16.5. The Morgan fingerprint density at radius 1 is 1.55 bits per heavy atom. The van der Waals surface area contributed by atoms with Crippen LogP contribution in [0.4, 0.5) is 0 Å². The molecule has 5 nitrogen and oxygen atoms in total. The molecule has 1 heterocycles. The number of rotatable bonds is 4. The number of likely N-dealkylation sites (N-methyl/N-ethyl adjacent to an activating group) is 1. The average Bonchev–Trinajstić information content (AvgIpc) is 2.51. The van der Waals surface area contributed by atoms with Gasteiger partial charge in [0, 0.05) is 25.2 Å².